The number of ether oxygens (including phenoxy) is 1. The molecular formula is C15H25NO2. The molecular weight excluding hydrogens is 226 g/mol. The van der Waals surface area contributed by atoms with Crippen LogP contribution in [0.4, 0.5) is 0 Å². The van der Waals surface area contributed by atoms with Gasteiger partial charge in [-0.05, 0) is 51.3 Å². The van der Waals surface area contributed by atoms with Crippen molar-refractivity contribution in [2.75, 3.05) is 6.61 Å². The van der Waals surface area contributed by atoms with Gasteiger partial charge in [-0.1, -0.05) is 12.1 Å². The summed E-state index contributed by atoms with van der Waals surface area (Å²) in [6.07, 6.45) is 2.08. The second kappa shape index (κ2) is 8.11. The highest BCUT2D eigenvalue weighted by molar-refractivity contribution is 5.27. The van der Waals surface area contributed by atoms with E-state index in [-0.39, 0.29) is 12.7 Å². The van der Waals surface area contributed by atoms with Gasteiger partial charge in [-0.15, -0.1) is 0 Å². The van der Waals surface area contributed by atoms with Crippen molar-refractivity contribution >= 4 is 0 Å². The van der Waals surface area contributed by atoms with Crippen molar-refractivity contribution in [2.45, 2.75) is 52.3 Å². The van der Waals surface area contributed by atoms with E-state index < -0.39 is 0 Å². The first-order valence-electron chi connectivity index (χ1n) is 6.71. The number of rotatable bonds is 8. The topological polar surface area (TPSA) is 41.5 Å². The first kappa shape index (κ1) is 15.0. The van der Waals surface area contributed by atoms with Gasteiger partial charge in [-0.2, -0.15) is 0 Å². The number of hydrogen-bond acceptors (Lipinski definition) is 3. The van der Waals surface area contributed by atoms with Crippen molar-refractivity contribution in [3.63, 3.8) is 0 Å². The van der Waals surface area contributed by atoms with Crippen LogP contribution in [0, 0.1) is 0 Å². The van der Waals surface area contributed by atoms with Gasteiger partial charge in [0.05, 0.1) is 6.10 Å². The lowest BCUT2D eigenvalue weighted by Gasteiger charge is -2.14. The predicted molar refractivity (Wildman–Crippen MR) is 74.8 cm³/mol. The van der Waals surface area contributed by atoms with Gasteiger partial charge in [0, 0.05) is 19.2 Å². The third kappa shape index (κ3) is 6.03. The van der Waals surface area contributed by atoms with Gasteiger partial charge in [-0.25, -0.2) is 0 Å². The van der Waals surface area contributed by atoms with Gasteiger partial charge >= 0.3 is 0 Å². The molecule has 18 heavy (non-hydrogen) atoms. The Morgan fingerprint density at radius 3 is 2.39 bits per heavy atom. The van der Waals surface area contributed by atoms with Crippen molar-refractivity contribution in [3.8, 4) is 5.75 Å². The largest absolute Gasteiger partial charge is 0.491 e. The summed E-state index contributed by atoms with van der Waals surface area (Å²) < 4.78 is 5.60. The van der Waals surface area contributed by atoms with Crippen LogP contribution in [0.1, 0.15) is 39.2 Å². The molecule has 0 spiro atoms. The van der Waals surface area contributed by atoms with Crippen LogP contribution in [0.5, 0.6) is 5.75 Å². The zero-order valence-electron chi connectivity index (χ0n) is 11.6. The van der Waals surface area contributed by atoms with E-state index in [1.165, 1.54) is 5.56 Å². The molecule has 1 aromatic carbocycles. The maximum absolute atomic E-state index is 8.76. The number of aliphatic hydroxyl groups is 1. The van der Waals surface area contributed by atoms with Crippen molar-refractivity contribution in [1.82, 2.24) is 5.32 Å². The number of hydrogen-bond donors (Lipinski definition) is 2. The lowest BCUT2D eigenvalue weighted by molar-refractivity contribution is 0.242. The zero-order chi connectivity index (χ0) is 13.4. The molecule has 0 amide bonds. The van der Waals surface area contributed by atoms with Crippen LogP contribution < -0.4 is 10.1 Å². The van der Waals surface area contributed by atoms with Crippen LogP contribution in [0.25, 0.3) is 0 Å². The average molecular weight is 251 g/mol. The minimum absolute atomic E-state index is 0.215. The Bertz CT molecular complexity index is 322. The molecule has 0 aliphatic heterocycles. The minimum atomic E-state index is 0.215. The molecule has 0 saturated carbocycles. The molecule has 1 atom stereocenters. The average Bonchev–Trinajstić information content (AvgIpc) is 2.35. The smallest absolute Gasteiger partial charge is 0.119 e. The first-order chi connectivity index (χ1) is 8.61. The summed E-state index contributed by atoms with van der Waals surface area (Å²) in [6.45, 7) is 7.32. The number of aliphatic hydroxyl groups excluding tert-OH is 1. The van der Waals surface area contributed by atoms with E-state index in [0.717, 1.165) is 25.1 Å². The van der Waals surface area contributed by atoms with Gasteiger partial charge in [-0.3, -0.25) is 0 Å². The van der Waals surface area contributed by atoms with Crippen LogP contribution in [0.15, 0.2) is 24.3 Å². The van der Waals surface area contributed by atoms with Crippen molar-refractivity contribution in [1.29, 1.82) is 0 Å². The fourth-order valence-corrected chi connectivity index (χ4v) is 1.75. The quantitative estimate of drug-likeness (QED) is 0.746. The highest BCUT2D eigenvalue weighted by Crippen LogP contribution is 2.13. The van der Waals surface area contributed by atoms with Crippen LogP contribution in [-0.2, 0) is 6.54 Å². The van der Waals surface area contributed by atoms with Gasteiger partial charge < -0.3 is 15.2 Å². The van der Waals surface area contributed by atoms with Gasteiger partial charge in [0.1, 0.15) is 5.75 Å². The van der Waals surface area contributed by atoms with E-state index >= 15 is 0 Å². The Morgan fingerprint density at radius 1 is 1.17 bits per heavy atom. The molecule has 0 aliphatic rings. The van der Waals surface area contributed by atoms with Gasteiger partial charge in [0.15, 0.2) is 0 Å². The lowest BCUT2D eigenvalue weighted by atomic mass is 10.1. The van der Waals surface area contributed by atoms with E-state index in [9.17, 15) is 0 Å². The fourth-order valence-electron chi connectivity index (χ4n) is 1.75. The summed E-state index contributed by atoms with van der Waals surface area (Å²) in [6, 6.07) is 8.63. The second-order valence-electron chi connectivity index (χ2n) is 4.96. The number of benzene rings is 1. The molecule has 0 saturated heterocycles. The Kier molecular flexibility index (Phi) is 6.76. The molecule has 1 aromatic rings. The molecule has 102 valence electrons. The summed E-state index contributed by atoms with van der Waals surface area (Å²) in [5.74, 6) is 0.919. The Balaban J connectivity index is 2.34. The van der Waals surface area contributed by atoms with Gasteiger partial charge in [0.25, 0.3) is 0 Å². The predicted octanol–water partition coefficient (Wildman–Crippen LogP) is 2.72. The van der Waals surface area contributed by atoms with E-state index in [1.807, 2.05) is 26.0 Å². The summed E-state index contributed by atoms with van der Waals surface area (Å²) >= 11 is 0. The summed E-state index contributed by atoms with van der Waals surface area (Å²) in [5, 5.41) is 12.2. The van der Waals surface area contributed by atoms with E-state index in [1.54, 1.807) is 0 Å². The maximum Gasteiger partial charge on any atom is 0.119 e. The third-order valence-corrected chi connectivity index (χ3v) is 2.75. The number of nitrogens with one attached hydrogen (secondary N) is 1. The van der Waals surface area contributed by atoms with Crippen molar-refractivity contribution < 1.29 is 9.84 Å². The molecule has 0 aliphatic carbocycles. The Morgan fingerprint density at radius 2 is 1.83 bits per heavy atom. The third-order valence-electron chi connectivity index (χ3n) is 2.75. The van der Waals surface area contributed by atoms with Crippen LogP contribution >= 0.6 is 0 Å². The zero-order valence-corrected chi connectivity index (χ0v) is 11.6. The van der Waals surface area contributed by atoms with E-state index in [2.05, 4.69) is 24.4 Å². The molecule has 0 aromatic heterocycles. The van der Waals surface area contributed by atoms with Crippen molar-refractivity contribution in [3.05, 3.63) is 29.8 Å². The molecule has 3 nitrogen and oxygen atoms in total. The summed E-state index contributed by atoms with van der Waals surface area (Å²) in [4.78, 5) is 0. The highest BCUT2D eigenvalue weighted by atomic mass is 16.5. The monoisotopic (exact) mass is 251 g/mol. The summed E-state index contributed by atoms with van der Waals surface area (Å²) in [7, 11) is 0. The SMILES string of the molecule is CC(CCCO)NCc1ccc(OC(C)C)cc1. The molecule has 3 heteroatoms. The van der Waals surface area contributed by atoms with Crippen LogP contribution in [0.3, 0.4) is 0 Å². The second-order valence-corrected chi connectivity index (χ2v) is 4.96. The molecule has 2 N–H and O–H groups in total. The van der Waals surface area contributed by atoms with Crippen molar-refractivity contribution in [2.24, 2.45) is 0 Å². The fraction of sp³-hybridized carbons (Fsp3) is 0.600. The van der Waals surface area contributed by atoms with Crippen LogP contribution in [0.2, 0.25) is 0 Å². The minimum Gasteiger partial charge on any atom is -0.491 e. The first-order valence-corrected chi connectivity index (χ1v) is 6.71. The Labute approximate surface area is 110 Å². The van der Waals surface area contributed by atoms with Crippen LogP contribution in [-0.4, -0.2) is 23.9 Å². The highest BCUT2D eigenvalue weighted by Gasteiger charge is 2.02. The Hall–Kier alpha value is -1.06. The standard InChI is InChI=1S/C15H25NO2/c1-12(2)18-15-8-6-14(7-9-15)11-16-13(3)5-4-10-17/h6-9,12-13,16-17H,4-5,10-11H2,1-3H3. The summed E-state index contributed by atoms with van der Waals surface area (Å²) in [5.41, 5.74) is 1.25. The lowest BCUT2D eigenvalue weighted by Crippen LogP contribution is -2.25. The molecule has 1 rings (SSSR count). The van der Waals surface area contributed by atoms with E-state index in [4.69, 9.17) is 9.84 Å². The normalized spacial score (nSPS) is 12.7. The molecule has 0 fully saturated rings. The van der Waals surface area contributed by atoms with E-state index in [0.29, 0.717) is 6.04 Å². The molecule has 1 unspecified atom stereocenters. The van der Waals surface area contributed by atoms with Gasteiger partial charge in [0.2, 0.25) is 0 Å². The molecule has 0 heterocycles. The molecule has 0 radical (unpaired) electrons. The maximum atomic E-state index is 8.76. The molecule has 0 bridgehead atoms.